The number of hydrogen-bond donors (Lipinski definition) is 0. The largest absolute Gasteiger partial charge is 0.493 e. The van der Waals surface area contributed by atoms with E-state index in [2.05, 4.69) is 0 Å². The highest BCUT2D eigenvalue weighted by atomic mass is 16.5. The molecule has 2 aromatic rings. The Bertz CT molecular complexity index is 852. The van der Waals surface area contributed by atoms with Gasteiger partial charge in [-0.15, -0.1) is 0 Å². The summed E-state index contributed by atoms with van der Waals surface area (Å²) >= 11 is 0. The number of carbonyl (C=O) groups is 1. The molecule has 0 aliphatic heterocycles. The van der Waals surface area contributed by atoms with E-state index in [1.54, 1.807) is 17.7 Å². The summed E-state index contributed by atoms with van der Waals surface area (Å²) in [7, 11) is 3.70. The number of carbonyl (C=O) groups excluding carboxylic acids is 1. The molecular formula is C22H30N2O3. The number of nitrogens with zero attached hydrogens (tertiary/aromatic N) is 2. The molecular weight excluding hydrogens is 340 g/mol. The molecule has 1 aliphatic rings. The van der Waals surface area contributed by atoms with E-state index in [4.69, 9.17) is 4.74 Å². The van der Waals surface area contributed by atoms with Gasteiger partial charge in [0.05, 0.1) is 12.1 Å². The number of pyridine rings is 1. The van der Waals surface area contributed by atoms with Crippen molar-refractivity contribution in [2.75, 3.05) is 13.7 Å². The van der Waals surface area contributed by atoms with Crippen LogP contribution in [0, 0.1) is 5.92 Å². The lowest BCUT2D eigenvalue weighted by atomic mass is 9.94. The smallest absolute Gasteiger partial charge is 0.250 e. The van der Waals surface area contributed by atoms with E-state index in [0.717, 1.165) is 29.5 Å². The second kappa shape index (κ2) is 8.59. The fourth-order valence-corrected chi connectivity index (χ4v) is 3.85. The van der Waals surface area contributed by atoms with Gasteiger partial charge in [-0.1, -0.05) is 26.2 Å². The van der Waals surface area contributed by atoms with E-state index < -0.39 is 0 Å². The molecule has 0 saturated heterocycles. The maximum atomic E-state index is 12.6. The number of aryl methyl sites for hydroxylation is 1. The highest BCUT2D eigenvalue weighted by molar-refractivity contribution is 5.80. The van der Waals surface area contributed by atoms with Gasteiger partial charge in [0.2, 0.25) is 5.91 Å². The van der Waals surface area contributed by atoms with Crippen LogP contribution in [-0.4, -0.2) is 35.1 Å². The van der Waals surface area contributed by atoms with E-state index in [9.17, 15) is 9.59 Å². The molecule has 3 rings (SSSR count). The second-order valence-electron chi connectivity index (χ2n) is 7.87. The molecule has 0 bridgehead atoms. The fraction of sp³-hybridized carbons (Fsp3) is 0.545. The third-order valence-electron chi connectivity index (χ3n) is 5.67. The predicted octanol–water partition coefficient (Wildman–Crippen LogP) is 3.73. The summed E-state index contributed by atoms with van der Waals surface area (Å²) in [6, 6.07) is 9.55. The van der Waals surface area contributed by atoms with Crippen molar-refractivity contribution in [1.29, 1.82) is 0 Å². The van der Waals surface area contributed by atoms with E-state index in [1.807, 2.05) is 43.1 Å². The minimum Gasteiger partial charge on any atom is -0.493 e. The van der Waals surface area contributed by atoms with E-state index in [1.165, 1.54) is 19.3 Å². The molecule has 1 saturated carbocycles. The molecule has 1 heterocycles. The quantitative estimate of drug-likeness (QED) is 0.778. The minimum absolute atomic E-state index is 0.0376. The average Bonchev–Trinajstić information content (AvgIpc) is 2.69. The van der Waals surface area contributed by atoms with Crippen LogP contribution < -0.4 is 10.3 Å². The van der Waals surface area contributed by atoms with Gasteiger partial charge in [-0.3, -0.25) is 9.59 Å². The van der Waals surface area contributed by atoms with Crippen molar-refractivity contribution in [3.63, 3.8) is 0 Å². The highest BCUT2D eigenvalue weighted by Gasteiger charge is 2.23. The van der Waals surface area contributed by atoms with Crippen molar-refractivity contribution in [3.8, 4) is 5.75 Å². The van der Waals surface area contributed by atoms with Crippen LogP contribution in [0.5, 0.6) is 5.75 Å². The SMILES string of the molecule is CC(COc1ccc2ccc(=O)n(C)c2c1)CC(=O)N(C)C1CCCCC1. The first-order valence-corrected chi connectivity index (χ1v) is 9.94. The number of aromatic nitrogens is 1. The third-order valence-corrected chi connectivity index (χ3v) is 5.67. The molecule has 0 N–H and O–H groups in total. The zero-order valence-corrected chi connectivity index (χ0v) is 16.6. The zero-order chi connectivity index (χ0) is 19.4. The van der Waals surface area contributed by atoms with Crippen molar-refractivity contribution in [3.05, 3.63) is 40.7 Å². The molecule has 1 amide bonds. The number of ether oxygens (including phenoxy) is 1. The van der Waals surface area contributed by atoms with Crippen molar-refractivity contribution in [2.45, 2.75) is 51.5 Å². The summed E-state index contributed by atoms with van der Waals surface area (Å²) in [4.78, 5) is 26.3. The molecule has 5 heteroatoms. The van der Waals surface area contributed by atoms with E-state index in [0.29, 0.717) is 19.1 Å². The first-order chi connectivity index (χ1) is 13.0. The Hall–Kier alpha value is -2.30. The fourth-order valence-electron chi connectivity index (χ4n) is 3.85. The van der Waals surface area contributed by atoms with Crippen molar-refractivity contribution < 1.29 is 9.53 Å². The third kappa shape index (κ3) is 4.71. The summed E-state index contributed by atoms with van der Waals surface area (Å²) in [5.74, 6) is 1.07. The Labute approximate surface area is 160 Å². The monoisotopic (exact) mass is 370 g/mol. The van der Waals surface area contributed by atoms with Crippen LogP contribution in [0.4, 0.5) is 0 Å². The standard InChI is InChI=1S/C22H30N2O3/c1-16(13-22(26)23(2)18-7-5-4-6-8-18)15-27-19-11-9-17-10-12-21(25)24(3)20(17)14-19/h9-12,14,16,18H,4-8,13,15H2,1-3H3. The van der Waals surface area contributed by atoms with Gasteiger partial charge in [0, 0.05) is 38.7 Å². The van der Waals surface area contributed by atoms with Crippen LogP contribution in [-0.2, 0) is 11.8 Å². The summed E-state index contributed by atoms with van der Waals surface area (Å²) in [5, 5.41) is 1.00. The first kappa shape index (κ1) is 19.5. The number of hydrogen-bond acceptors (Lipinski definition) is 3. The average molecular weight is 370 g/mol. The second-order valence-corrected chi connectivity index (χ2v) is 7.87. The minimum atomic E-state index is -0.0376. The lowest BCUT2D eigenvalue weighted by Gasteiger charge is -2.32. The summed E-state index contributed by atoms with van der Waals surface area (Å²) in [6.45, 7) is 2.53. The van der Waals surface area contributed by atoms with Crippen LogP contribution in [0.3, 0.4) is 0 Å². The Balaban J connectivity index is 1.56. The first-order valence-electron chi connectivity index (χ1n) is 9.94. The molecule has 1 aromatic heterocycles. The molecule has 27 heavy (non-hydrogen) atoms. The lowest BCUT2D eigenvalue weighted by Crippen LogP contribution is -2.39. The molecule has 0 radical (unpaired) electrons. The Kier molecular flexibility index (Phi) is 6.19. The Morgan fingerprint density at radius 2 is 1.93 bits per heavy atom. The van der Waals surface area contributed by atoms with Gasteiger partial charge in [-0.25, -0.2) is 0 Å². The van der Waals surface area contributed by atoms with E-state index >= 15 is 0 Å². The zero-order valence-electron chi connectivity index (χ0n) is 16.6. The van der Waals surface area contributed by atoms with Crippen LogP contribution in [0.25, 0.3) is 10.9 Å². The van der Waals surface area contributed by atoms with Gasteiger partial charge < -0.3 is 14.2 Å². The number of fused-ring (bicyclic) bond motifs is 1. The number of benzene rings is 1. The maximum Gasteiger partial charge on any atom is 0.250 e. The lowest BCUT2D eigenvalue weighted by molar-refractivity contribution is -0.133. The van der Waals surface area contributed by atoms with Gasteiger partial charge in [-0.2, -0.15) is 0 Å². The topological polar surface area (TPSA) is 51.5 Å². The molecule has 1 aliphatic carbocycles. The molecule has 1 aromatic carbocycles. The number of amides is 1. The van der Waals surface area contributed by atoms with Crippen molar-refractivity contribution >= 4 is 16.8 Å². The predicted molar refractivity (Wildman–Crippen MR) is 108 cm³/mol. The number of rotatable bonds is 6. The molecule has 0 spiro atoms. The molecule has 5 nitrogen and oxygen atoms in total. The van der Waals surface area contributed by atoms with E-state index in [-0.39, 0.29) is 17.4 Å². The summed E-state index contributed by atoms with van der Waals surface area (Å²) in [5.41, 5.74) is 0.810. The van der Waals surface area contributed by atoms with Gasteiger partial charge >= 0.3 is 0 Å². The van der Waals surface area contributed by atoms with Gasteiger partial charge in [0.15, 0.2) is 0 Å². The maximum absolute atomic E-state index is 12.6. The molecule has 146 valence electrons. The van der Waals surface area contributed by atoms with Gasteiger partial charge in [0.1, 0.15) is 5.75 Å². The molecule has 1 unspecified atom stereocenters. The van der Waals surface area contributed by atoms with Crippen molar-refractivity contribution in [2.24, 2.45) is 13.0 Å². The van der Waals surface area contributed by atoms with Crippen LogP contribution in [0.1, 0.15) is 45.4 Å². The van der Waals surface area contributed by atoms with Gasteiger partial charge in [-0.05, 0) is 42.3 Å². The van der Waals surface area contributed by atoms with Gasteiger partial charge in [0.25, 0.3) is 5.56 Å². The van der Waals surface area contributed by atoms with Crippen LogP contribution in [0.15, 0.2) is 35.1 Å². The normalized spacial score (nSPS) is 16.3. The van der Waals surface area contributed by atoms with Crippen molar-refractivity contribution in [1.82, 2.24) is 9.47 Å². The molecule has 1 fully saturated rings. The summed E-state index contributed by atoms with van der Waals surface area (Å²) < 4.78 is 7.53. The molecule has 1 atom stereocenters. The Morgan fingerprint density at radius 1 is 1.22 bits per heavy atom. The summed E-state index contributed by atoms with van der Waals surface area (Å²) in [6.07, 6.45) is 6.50. The Morgan fingerprint density at radius 3 is 2.67 bits per heavy atom. The van der Waals surface area contributed by atoms with Crippen LogP contribution in [0.2, 0.25) is 0 Å². The van der Waals surface area contributed by atoms with Crippen LogP contribution >= 0.6 is 0 Å². The highest BCUT2D eigenvalue weighted by Crippen LogP contribution is 2.23.